The van der Waals surface area contributed by atoms with Crippen molar-refractivity contribution in [2.75, 3.05) is 6.54 Å². The maximum absolute atomic E-state index is 13.8. The van der Waals surface area contributed by atoms with Crippen LogP contribution >= 0.6 is 0 Å². The Morgan fingerprint density at radius 1 is 1.13 bits per heavy atom. The Balaban J connectivity index is 1.70. The number of fused-ring (bicyclic) bond motifs is 3. The highest BCUT2D eigenvalue weighted by Crippen LogP contribution is 2.29. The largest absolute Gasteiger partial charge is 0.358 e. The van der Waals surface area contributed by atoms with Gasteiger partial charge in [-0.05, 0) is 30.3 Å². The topological polar surface area (TPSA) is 36.1 Å². The molecule has 1 amide bonds. The minimum Gasteiger partial charge on any atom is -0.358 e. The van der Waals surface area contributed by atoms with Crippen molar-refractivity contribution < 1.29 is 13.6 Å². The summed E-state index contributed by atoms with van der Waals surface area (Å²) in [5, 5.41) is 0.910. The first-order valence-corrected chi connectivity index (χ1v) is 7.46. The Kier molecular flexibility index (Phi) is 3.15. The van der Waals surface area contributed by atoms with E-state index in [0.29, 0.717) is 19.5 Å². The first-order chi connectivity index (χ1) is 11.1. The molecule has 0 spiro atoms. The predicted octanol–water partition coefficient (Wildman–Crippen LogP) is 3.64. The molecule has 116 valence electrons. The van der Waals surface area contributed by atoms with Crippen LogP contribution < -0.4 is 0 Å². The van der Waals surface area contributed by atoms with Gasteiger partial charge in [0.25, 0.3) is 5.91 Å². The fraction of sp³-hybridized carbons (Fsp3) is 0.167. The van der Waals surface area contributed by atoms with E-state index in [1.165, 1.54) is 24.3 Å². The molecule has 0 unspecified atom stereocenters. The number of hydrogen-bond acceptors (Lipinski definition) is 1. The molecule has 23 heavy (non-hydrogen) atoms. The Morgan fingerprint density at radius 3 is 2.78 bits per heavy atom. The number of rotatable bonds is 1. The van der Waals surface area contributed by atoms with E-state index in [4.69, 9.17) is 0 Å². The molecule has 3 nitrogen and oxygen atoms in total. The smallest absolute Gasteiger partial charge is 0.257 e. The minimum absolute atomic E-state index is 0.0850. The number of H-pyrrole nitrogens is 1. The zero-order valence-electron chi connectivity index (χ0n) is 12.3. The van der Waals surface area contributed by atoms with Crippen LogP contribution in [0.1, 0.15) is 21.6 Å². The Morgan fingerprint density at radius 2 is 1.96 bits per heavy atom. The van der Waals surface area contributed by atoms with Crippen molar-refractivity contribution in [2.45, 2.75) is 13.0 Å². The van der Waals surface area contributed by atoms with Gasteiger partial charge in [0.2, 0.25) is 0 Å². The molecule has 1 N–H and O–H groups in total. The average Bonchev–Trinajstić information content (AvgIpc) is 2.91. The predicted molar refractivity (Wildman–Crippen MR) is 83.1 cm³/mol. The molecular weight excluding hydrogens is 298 g/mol. The molecule has 0 radical (unpaired) electrons. The lowest BCUT2D eigenvalue weighted by atomic mass is 10.0. The number of carbonyl (C=O) groups is 1. The van der Waals surface area contributed by atoms with Crippen molar-refractivity contribution in [3.8, 4) is 0 Å². The van der Waals surface area contributed by atoms with Crippen molar-refractivity contribution in [1.29, 1.82) is 0 Å². The SMILES string of the molecule is O=C(c1ccccc1F)N1CCc2[nH]c3cc(F)ccc3c2C1. The van der Waals surface area contributed by atoms with E-state index in [1.807, 2.05) is 0 Å². The molecule has 3 aromatic rings. The third-order valence-electron chi connectivity index (χ3n) is 4.33. The van der Waals surface area contributed by atoms with E-state index in [9.17, 15) is 13.6 Å². The van der Waals surface area contributed by atoms with E-state index in [2.05, 4.69) is 4.98 Å². The summed E-state index contributed by atoms with van der Waals surface area (Å²) in [6.07, 6.45) is 0.645. The highest BCUT2D eigenvalue weighted by atomic mass is 19.1. The zero-order chi connectivity index (χ0) is 16.0. The first kappa shape index (κ1) is 13.9. The van der Waals surface area contributed by atoms with E-state index in [-0.39, 0.29) is 17.3 Å². The molecule has 4 rings (SSSR count). The number of nitrogens with one attached hydrogen (secondary N) is 1. The van der Waals surface area contributed by atoms with Crippen molar-refractivity contribution in [2.24, 2.45) is 0 Å². The van der Waals surface area contributed by atoms with Gasteiger partial charge in [-0.3, -0.25) is 4.79 Å². The van der Waals surface area contributed by atoms with Crippen LogP contribution in [0.5, 0.6) is 0 Å². The second-order valence-corrected chi connectivity index (χ2v) is 5.73. The number of halogens is 2. The van der Waals surface area contributed by atoms with Crippen LogP contribution in [0, 0.1) is 11.6 Å². The quantitative estimate of drug-likeness (QED) is 0.731. The van der Waals surface area contributed by atoms with Crippen molar-refractivity contribution >= 4 is 16.8 Å². The molecule has 0 saturated heterocycles. The lowest BCUT2D eigenvalue weighted by Crippen LogP contribution is -2.36. The normalized spacial score (nSPS) is 14.1. The van der Waals surface area contributed by atoms with Crippen LogP contribution in [0.3, 0.4) is 0 Å². The van der Waals surface area contributed by atoms with Crippen molar-refractivity contribution in [3.05, 3.63) is 70.9 Å². The number of aromatic nitrogens is 1. The monoisotopic (exact) mass is 312 g/mol. The van der Waals surface area contributed by atoms with Crippen LogP contribution in [-0.2, 0) is 13.0 Å². The summed E-state index contributed by atoms with van der Waals surface area (Å²) >= 11 is 0. The molecule has 5 heteroatoms. The van der Waals surface area contributed by atoms with Crippen LogP contribution in [0.15, 0.2) is 42.5 Å². The number of carbonyl (C=O) groups excluding carboxylic acids is 1. The fourth-order valence-electron chi connectivity index (χ4n) is 3.17. The molecule has 0 saturated carbocycles. The number of nitrogens with zero attached hydrogens (tertiary/aromatic N) is 1. The van der Waals surface area contributed by atoms with Crippen LogP contribution in [0.2, 0.25) is 0 Å². The van der Waals surface area contributed by atoms with Gasteiger partial charge < -0.3 is 9.88 Å². The molecule has 1 aromatic heterocycles. The van der Waals surface area contributed by atoms with Crippen LogP contribution in [-0.4, -0.2) is 22.3 Å². The van der Waals surface area contributed by atoms with Gasteiger partial charge >= 0.3 is 0 Å². The number of amides is 1. The Bertz CT molecular complexity index is 917. The fourth-order valence-corrected chi connectivity index (χ4v) is 3.17. The number of hydrogen-bond donors (Lipinski definition) is 1. The molecule has 0 bridgehead atoms. The van der Waals surface area contributed by atoms with E-state index in [0.717, 1.165) is 22.2 Å². The average molecular weight is 312 g/mol. The third-order valence-corrected chi connectivity index (χ3v) is 4.33. The Labute approximate surface area is 131 Å². The summed E-state index contributed by atoms with van der Waals surface area (Å²) in [5.41, 5.74) is 2.82. The van der Waals surface area contributed by atoms with Gasteiger partial charge in [0.15, 0.2) is 0 Å². The van der Waals surface area contributed by atoms with E-state index >= 15 is 0 Å². The van der Waals surface area contributed by atoms with Crippen molar-refractivity contribution in [3.63, 3.8) is 0 Å². The van der Waals surface area contributed by atoms with E-state index in [1.54, 1.807) is 23.1 Å². The summed E-state index contributed by atoms with van der Waals surface area (Å²) in [7, 11) is 0. The second kappa shape index (κ2) is 5.19. The molecule has 0 atom stereocenters. The zero-order valence-corrected chi connectivity index (χ0v) is 12.3. The summed E-state index contributed by atoms with van der Waals surface area (Å²) in [5.74, 6) is -1.12. The minimum atomic E-state index is -0.510. The maximum Gasteiger partial charge on any atom is 0.257 e. The van der Waals surface area contributed by atoms with Gasteiger partial charge in [0, 0.05) is 41.7 Å². The summed E-state index contributed by atoms with van der Waals surface area (Å²) in [6, 6.07) is 10.6. The highest BCUT2D eigenvalue weighted by Gasteiger charge is 2.26. The molecule has 1 aliphatic rings. The molecule has 0 fully saturated rings. The van der Waals surface area contributed by atoms with E-state index < -0.39 is 5.82 Å². The second-order valence-electron chi connectivity index (χ2n) is 5.73. The summed E-state index contributed by atoms with van der Waals surface area (Å²) < 4.78 is 27.2. The van der Waals surface area contributed by atoms with Gasteiger partial charge in [0.05, 0.1) is 5.56 Å². The van der Waals surface area contributed by atoms with Crippen LogP contribution in [0.25, 0.3) is 10.9 Å². The maximum atomic E-state index is 13.8. The summed E-state index contributed by atoms with van der Waals surface area (Å²) in [6.45, 7) is 0.906. The Hall–Kier alpha value is -2.69. The highest BCUT2D eigenvalue weighted by molar-refractivity contribution is 5.95. The van der Waals surface area contributed by atoms with Gasteiger partial charge in [-0.1, -0.05) is 12.1 Å². The number of aromatic amines is 1. The van der Waals surface area contributed by atoms with Gasteiger partial charge in [0.1, 0.15) is 11.6 Å². The third kappa shape index (κ3) is 2.29. The molecular formula is C18H14F2N2O. The molecule has 1 aliphatic heterocycles. The lowest BCUT2D eigenvalue weighted by molar-refractivity contribution is 0.0730. The molecule has 2 heterocycles. The van der Waals surface area contributed by atoms with Crippen LogP contribution in [0.4, 0.5) is 8.78 Å². The standard InChI is InChI=1S/C18H14F2N2O/c19-11-5-6-12-14-10-22(8-7-16(14)21-17(12)9-11)18(23)13-3-1-2-4-15(13)20/h1-6,9,21H,7-8,10H2. The number of benzene rings is 2. The summed E-state index contributed by atoms with van der Waals surface area (Å²) in [4.78, 5) is 17.4. The molecule has 0 aliphatic carbocycles. The van der Waals surface area contributed by atoms with Gasteiger partial charge in [-0.15, -0.1) is 0 Å². The lowest BCUT2D eigenvalue weighted by Gasteiger charge is -2.27. The first-order valence-electron chi connectivity index (χ1n) is 7.46. The van der Waals surface area contributed by atoms with Gasteiger partial charge in [-0.25, -0.2) is 8.78 Å². The van der Waals surface area contributed by atoms with Gasteiger partial charge in [-0.2, -0.15) is 0 Å². The molecule has 2 aromatic carbocycles. The van der Waals surface area contributed by atoms with Crippen molar-refractivity contribution in [1.82, 2.24) is 9.88 Å².